The van der Waals surface area contributed by atoms with Gasteiger partial charge in [0.1, 0.15) is 11.5 Å². The van der Waals surface area contributed by atoms with Gasteiger partial charge in [0.05, 0.1) is 32.6 Å². The lowest BCUT2D eigenvalue weighted by atomic mass is 10.0. The molecular weight excluding hydrogens is 346 g/mol. The van der Waals surface area contributed by atoms with Gasteiger partial charge in [0, 0.05) is 12.1 Å². The number of carbonyl (C=O) groups excluding carboxylic acids is 1. The van der Waals surface area contributed by atoms with E-state index in [0.29, 0.717) is 32.8 Å². The van der Waals surface area contributed by atoms with Gasteiger partial charge < -0.3 is 23.8 Å². The van der Waals surface area contributed by atoms with Gasteiger partial charge in [-0.15, -0.1) is 0 Å². The summed E-state index contributed by atoms with van der Waals surface area (Å²) in [6.07, 6.45) is 0.696. The first-order chi connectivity index (χ1) is 13.2. The first-order valence-electron chi connectivity index (χ1n) is 9.12. The van der Waals surface area contributed by atoms with Crippen LogP contribution < -0.4 is 14.4 Å². The Morgan fingerprint density at radius 1 is 1.07 bits per heavy atom. The van der Waals surface area contributed by atoms with Crippen molar-refractivity contribution in [3.8, 4) is 11.5 Å². The minimum Gasteiger partial charge on any atom is -0.497 e. The summed E-state index contributed by atoms with van der Waals surface area (Å²) in [7, 11) is 1.63. The number of benzene rings is 2. The van der Waals surface area contributed by atoms with Crippen molar-refractivity contribution in [2.75, 3.05) is 38.4 Å². The number of hydrogen-bond acceptors (Lipinski definition) is 5. The number of anilines is 1. The Labute approximate surface area is 158 Å². The molecule has 0 aromatic heterocycles. The van der Waals surface area contributed by atoms with E-state index in [1.807, 2.05) is 49.4 Å². The molecule has 6 nitrogen and oxygen atoms in total. The Morgan fingerprint density at radius 2 is 1.78 bits per heavy atom. The van der Waals surface area contributed by atoms with Crippen molar-refractivity contribution in [1.29, 1.82) is 0 Å². The van der Waals surface area contributed by atoms with Gasteiger partial charge in [-0.3, -0.25) is 4.79 Å². The van der Waals surface area contributed by atoms with E-state index < -0.39 is 5.79 Å². The summed E-state index contributed by atoms with van der Waals surface area (Å²) in [5.74, 6) is 0.157. The standard InChI is InChI=1S/C21H23NO5/c1-15-5-3-6-18-19(15)22(20(23)21(18)26-13-14-27-21)11-4-12-25-17-9-7-16(24-2)8-10-17/h3,5-10H,4,11-14H2,1-2H3. The molecule has 27 heavy (non-hydrogen) atoms. The predicted octanol–water partition coefficient (Wildman–Crippen LogP) is 3.02. The maximum absolute atomic E-state index is 13.1. The van der Waals surface area contributed by atoms with E-state index in [1.165, 1.54) is 0 Å². The Kier molecular flexibility index (Phi) is 4.76. The highest BCUT2D eigenvalue weighted by molar-refractivity contribution is 6.07. The highest BCUT2D eigenvalue weighted by Gasteiger charge is 2.56. The van der Waals surface area contributed by atoms with Crippen molar-refractivity contribution < 1.29 is 23.7 Å². The maximum atomic E-state index is 13.1. The SMILES string of the molecule is COc1ccc(OCCCN2C(=O)C3(OCCO3)c3cccc(C)c32)cc1. The van der Waals surface area contributed by atoms with Gasteiger partial charge in [0.2, 0.25) is 0 Å². The Hall–Kier alpha value is -2.57. The van der Waals surface area contributed by atoms with Gasteiger partial charge in [-0.25, -0.2) is 0 Å². The van der Waals surface area contributed by atoms with Gasteiger partial charge in [-0.2, -0.15) is 0 Å². The Balaban J connectivity index is 1.44. The summed E-state index contributed by atoms with van der Waals surface area (Å²) < 4.78 is 22.5. The highest BCUT2D eigenvalue weighted by Crippen LogP contribution is 2.47. The van der Waals surface area contributed by atoms with Gasteiger partial charge in [0.25, 0.3) is 11.7 Å². The zero-order valence-corrected chi connectivity index (χ0v) is 15.6. The van der Waals surface area contributed by atoms with E-state index in [2.05, 4.69) is 0 Å². The van der Waals surface area contributed by atoms with Crippen LogP contribution >= 0.6 is 0 Å². The van der Waals surface area contributed by atoms with Crippen LogP contribution in [-0.4, -0.2) is 39.4 Å². The molecule has 1 fully saturated rings. The third-order valence-corrected chi connectivity index (χ3v) is 4.94. The van der Waals surface area contributed by atoms with Crippen molar-refractivity contribution in [2.45, 2.75) is 19.1 Å². The van der Waals surface area contributed by atoms with Gasteiger partial charge in [-0.05, 0) is 43.2 Å². The molecule has 0 atom stereocenters. The Bertz CT molecular complexity index is 827. The lowest BCUT2D eigenvalue weighted by molar-refractivity contribution is -0.180. The first-order valence-corrected chi connectivity index (χ1v) is 9.12. The number of amides is 1. The number of carbonyl (C=O) groups is 1. The smallest absolute Gasteiger partial charge is 0.292 e. The molecule has 0 saturated carbocycles. The van der Waals surface area contributed by atoms with E-state index in [1.54, 1.807) is 12.0 Å². The average Bonchev–Trinajstić information content (AvgIpc) is 3.27. The molecule has 6 heteroatoms. The van der Waals surface area contributed by atoms with Crippen LogP contribution in [0, 0.1) is 6.92 Å². The molecule has 2 heterocycles. The summed E-state index contributed by atoms with van der Waals surface area (Å²) >= 11 is 0. The number of para-hydroxylation sites is 1. The maximum Gasteiger partial charge on any atom is 0.292 e. The summed E-state index contributed by atoms with van der Waals surface area (Å²) in [4.78, 5) is 14.9. The minimum atomic E-state index is -1.27. The van der Waals surface area contributed by atoms with Crippen LogP contribution in [0.5, 0.6) is 11.5 Å². The summed E-state index contributed by atoms with van der Waals surface area (Å²) in [5, 5.41) is 0. The molecule has 1 saturated heterocycles. The topological polar surface area (TPSA) is 57.2 Å². The summed E-state index contributed by atoms with van der Waals surface area (Å²) in [6.45, 7) is 3.90. The fourth-order valence-electron chi connectivity index (χ4n) is 3.67. The van der Waals surface area contributed by atoms with E-state index >= 15 is 0 Å². The normalized spacial score (nSPS) is 17.4. The molecule has 2 aromatic carbocycles. The highest BCUT2D eigenvalue weighted by atomic mass is 16.7. The summed E-state index contributed by atoms with van der Waals surface area (Å²) in [6, 6.07) is 13.3. The van der Waals surface area contributed by atoms with Gasteiger partial charge >= 0.3 is 0 Å². The molecule has 2 aliphatic rings. The lowest BCUT2D eigenvalue weighted by Crippen LogP contribution is -2.41. The second-order valence-corrected chi connectivity index (χ2v) is 6.62. The molecule has 2 aromatic rings. The number of ether oxygens (including phenoxy) is 4. The quantitative estimate of drug-likeness (QED) is 0.733. The molecule has 0 aliphatic carbocycles. The van der Waals surface area contributed by atoms with Crippen LogP contribution in [0.3, 0.4) is 0 Å². The minimum absolute atomic E-state index is 0.145. The third-order valence-electron chi connectivity index (χ3n) is 4.94. The molecule has 0 bridgehead atoms. The van der Waals surface area contributed by atoms with Crippen LogP contribution in [0.1, 0.15) is 17.5 Å². The second kappa shape index (κ2) is 7.21. The lowest BCUT2D eigenvalue weighted by Gasteiger charge is -2.22. The third kappa shape index (κ3) is 3.05. The second-order valence-electron chi connectivity index (χ2n) is 6.62. The van der Waals surface area contributed by atoms with Crippen molar-refractivity contribution >= 4 is 11.6 Å². The van der Waals surface area contributed by atoms with Crippen LogP contribution in [-0.2, 0) is 20.1 Å². The Morgan fingerprint density at radius 3 is 2.48 bits per heavy atom. The average molecular weight is 369 g/mol. The number of fused-ring (bicyclic) bond motifs is 2. The van der Waals surface area contributed by atoms with E-state index in [9.17, 15) is 4.79 Å². The van der Waals surface area contributed by atoms with Gasteiger partial charge in [-0.1, -0.05) is 18.2 Å². The number of rotatable bonds is 6. The van der Waals surface area contributed by atoms with Crippen molar-refractivity contribution in [2.24, 2.45) is 0 Å². The fourth-order valence-corrected chi connectivity index (χ4v) is 3.67. The number of methoxy groups -OCH3 is 1. The van der Waals surface area contributed by atoms with Crippen molar-refractivity contribution in [3.05, 3.63) is 53.6 Å². The monoisotopic (exact) mass is 369 g/mol. The predicted molar refractivity (Wildman–Crippen MR) is 100 cm³/mol. The fraction of sp³-hybridized carbons (Fsp3) is 0.381. The molecular formula is C21H23NO5. The van der Waals surface area contributed by atoms with Crippen molar-refractivity contribution in [3.63, 3.8) is 0 Å². The van der Waals surface area contributed by atoms with E-state index in [0.717, 1.165) is 28.3 Å². The molecule has 0 unspecified atom stereocenters. The molecule has 1 amide bonds. The van der Waals surface area contributed by atoms with E-state index in [4.69, 9.17) is 18.9 Å². The van der Waals surface area contributed by atoms with Crippen LogP contribution in [0.4, 0.5) is 5.69 Å². The van der Waals surface area contributed by atoms with Crippen LogP contribution in [0.2, 0.25) is 0 Å². The zero-order valence-electron chi connectivity index (χ0n) is 15.6. The van der Waals surface area contributed by atoms with Crippen LogP contribution in [0.15, 0.2) is 42.5 Å². The molecule has 0 N–H and O–H groups in total. The van der Waals surface area contributed by atoms with Crippen LogP contribution in [0.25, 0.3) is 0 Å². The van der Waals surface area contributed by atoms with Gasteiger partial charge in [0.15, 0.2) is 0 Å². The zero-order chi connectivity index (χ0) is 18.9. The van der Waals surface area contributed by atoms with Crippen molar-refractivity contribution in [1.82, 2.24) is 0 Å². The molecule has 2 aliphatic heterocycles. The molecule has 0 radical (unpaired) electrons. The number of hydrogen-bond donors (Lipinski definition) is 0. The first kappa shape index (κ1) is 17.8. The van der Waals surface area contributed by atoms with E-state index in [-0.39, 0.29) is 5.91 Å². The number of aryl methyl sites for hydroxylation is 1. The molecule has 4 rings (SSSR count). The number of nitrogens with zero attached hydrogens (tertiary/aromatic N) is 1. The molecule has 142 valence electrons. The molecule has 1 spiro atoms. The largest absolute Gasteiger partial charge is 0.497 e. The summed E-state index contributed by atoms with van der Waals surface area (Å²) in [5.41, 5.74) is 2.74.